The van der Waals surface area contributed by atoms with Crippen molar-refractivity contribution in [3.8, 4) is 0 Å². The molecule has 1 heterocycles. The lowest BCUT2D eigenvalue weighted by molar-refractivity contribution is -0.0460. The Morgan fingerprint density at radius 1 is 1.25 bits per heavy atom. The molecule has 20 heavy (non-hydrogen) atoms. The van der Waals surface area contributed by atoms with Crippen LogP contribution in [0, 0.1) is 0 Å². The van der Waals surface area contributed by atoms with E-state index in [4.69, 9.17) is 4.74 Å². The molecule has 0 amide bonds. The van der Waals surface area contributed by atoms with E-state index in [1.165, 1.54) is 8.61 Å². The van der Waals surface area contributed by atoms with Gasteiger partial charge in [-0.05, 0) is 26.7 Å². The Hall–Kier alpha value is -0.210. The summed E-state index contributed by atoms with van der Waals surface area (Å²) >= 11 is 0. The lowest BCUT2D eigenvalue weighted by Gasteiger charge is -2.38. The van der Waals surface area contributed by atoms with Crippen molar-refractivity contribution in [2.24, 2.45) is 0 Å². The van der Waals surface area contributed by atoms with Gasteiger partial charge in [-0.25, -0.2) is 0 Å². The van der Waals surface area contributed by atoms with Gasteiger partial charge in [0, 0.05) is 26.7 Å². The molecule has 2 aliphatic rings. The number of rotatable bonds is 4. The van der Waals surface area contributed by atoms with Gasteiger partial charge in [0.05, 0.1) is 17.8 Å². The average Bonchev–Trinajstić information content (AvgIpc) is 2.74. The fraction of sp³-hybridized carbons (Fsp3) is 1.00. The standard InChI is InChI=1S/C13H26N2O4S/c1-11-8-15(9-12(2)19-11)20(17,18)14(3)10-13(16)6-4-5-7-13/h11-12,16H,4-10H2,1-3H3. The van der Waals surface area contributed by atoms with E-state index in [0.29, 0.717) is 25.9 Å². The van der Waals surface area contributed by atoms with Crippen molar-refractivity contribution in [3.63, 3.8) is 0 Å². The van der Waals surface area contributed by atoms with Crippen LogP contribution in [-0.2, 0) is 14.9 Å². The highest BCUT2D eigenvalue weighted by molar-refractivity contribution is 7.86. The van der Waals surface area contributed by atoms with Crippen LogP contribution in [0.4, 0.5) is 0 Å². The van der Waals surface area contributed by atoms with Gasteiger partial charge in [0.2, 0.25) is 0 Å². The molecule has 2 rings (SSSR count). The molecule has 0 radical (unpaired) electrons. The monoisotopic (exact) mass is 306 g/mol. The molecule has 1 aliphatic carbocycles. The fourth-order valence-electron chi connectivity index (χ4n) is 3.20. The normalized spacial score (nSPS) is 31.9. The van der Waals surface area contributed by atoms with Crippen LogP contribution >= 0.6 is 0 Å². The minimum atomic E-state index is -3.53. The average molecular weight is 306 g/mol. The zero-order chi connectivity index (χ0) is 15.0. The van der Waals surface area contributed by atoms with Gasteiger partial charge in [-0.15, -0.1) is 0 Å². The van der Waals surface area contributed by atoms with E-state index in [1.54, 1.807) is 7.05 Å². The first-order valence-electron chi connectivity index (χ1n) is 7.32. The van der Waals surface area contributed by atoms with E-state index in [9.17, 15) is 13.5 Å². The minimum absolute atomic E-state index is 0.100. The lowest BCUT2D eigenvalue weighted by Crippen LogP contribution is -2.54. The number of likely N-dealkylation sites (N-methyl/N-ethyl adjacent to an activating group) is 1. The van der Waals surface area contributed by atoms with E-state index in [2.05, 4.69) is 0 Å². The first-order chi connectivity index (χ1) is 9.23. The van der Waals surface area contributed by atoms with E-state index in [0.717, 1.165) is 12.8 Å². The maximum Gasteiger partial charge on any atom is 0.282 e. The second-order valence-corrected chi connectivity index (χ2v) is 8.30. The SMILES string of the molecule is CC1CN(S(=O)(=O)N(C)CC2(O)CCCC2)CC(C)O1. The van der Waals surface area contributed by atoms with Crippen LogP contribution in [0.3, 0.4) is 0 Å². The number of nitrogens with zero attached hydrogens (tertiary/aromatic N) is 2. The molecule has 1 N–H and O–H groups in total. The summed E-state index contributed by atoms with van der Waals surface area (Å²) in [6.07, 6.45) is 3.10. The summed E-state index contributed by atoms with van der Waals surface area (Å²) in [5.41, 5.74) is -0.856. The number of hydrogen-bond acceptors (Lipinski definition) is 4. The summed E-state index contributed by atoms with van der Waals surface area (Å²) in [5.74, 6) is 0. The third-order valence-electron chi connectivity index (χ3n) is 4.16. The first kappa shape index (κ1) is 16.2. The van der Waals surface area contributed by atoms with Crippen molar-refractivity contribution in [1.82, 2.24) is 8.61 Å². The highest BCUT2D eigenvalue weighted by Crippen LogP contribution is 2.31. The molecule has 2 fully saturated rings. The van der Waals surface area contributed by atoms with Gasteiger partial charge < -0.3 is 9.84 Å². The van der Waals surface area contributed by atoms with Crippen LogP contribution < -0.4 is 0 Å². The number of hydrogen-bond donors (Lipinski definition) is 1. The summed E-state index contributed by atoms with van der Waals surface area (Å²) in [4.78, 5) is 0. The van der Waals surface area contributed by atoms with E-state index in [1.807, 2.05) is 13.8 Å². The molecular formula is C13H26N2O4S. The molecule has 0 bridgehead atoms. The number of aliphatic hydroxyl groups is 1. The smallest absolute Gasteiger partial charge is 0.282 e. The van der Waals surface area contributed by atoms with Gasteiger partial charge in [-0.1, -0.05) is 12.8 Å². The maximum absolute atomic E-state index is 12.6. The molecule has 1 aliphatic heterocycles. The molecule has 2 unspecified atom stereocenters. The van der Waals surface area contributed by atoms with Crippen molar-refractivity contribution in [3.05, 3.63) is 0 Å². The summed E-state index contributed by atoms with van der Waals surface area (Å²) in [7, 11) is -1.97. The Balaban J connectivity index is 2.05. The van der Waals surface area contributed by atoms with Gasteiger partial charge in [-0.3, -0.25) is 0 Å². The maximum atomic E-state index is 12.6. The Kier molecular flexibility index (Phi) is 4.76. The molecule has 0 aromatic heterocycles. The van der Waals surface area contributed by atoms with Gasteiger partial charge in [0.15, 0.2) is 0 Å². The molecule has 118 valence electrons. The largest absolute Gasteiger partial charge is 0.389 e. The number of morpholine rings is 1. The Labute approximate surface area is 121 Å². The quantitative estimate of drug-likeness (QED) is 0.825. The summed E-state index contributed by atoms with van der Waals surface area (Å²) in [6.45, 7) is 4.67. The van der Waals surface area contributed by atoms with Crippen molar-refractivity contribution in [1.29, 1.82) is 0 Å². The zero-order valence-corrected chi connectivity index (χ0v) is 13.4. The highest BCUT2D eigenvalue weighted by Gasteiger charge is 2.39. The molecule has 2 atom stereocenters. The predicted molar refractivity (Wildman–Crippen MR) is 76.5 cm³/mol. The van der Waals surface area contributed by atoms with Crippen molar-refractivity contribution in [2.45, 2.75) is 57.3 Å². The second-order valence-electron chi connectivity index (χ2n) is 6.27. The molecule has 7 heteroatoms. The summed E-state index contributed by atoms with van der Waals surface area (Å²) in [6, 6.07) is 0. The Morgan fingerprint density at radius 2 is 1.75 bits per heavy atom. The van der Waals surface area contributed by atoms with Crippen molar-refractivity contribution in [2.75, 3.05) is 26.7 Å². The molecule has 0 aromatic carbocycles. The van der Waals surface area contributed by atoms with Crippen molar-refractivity contribution < 1.29 is 18.3 Å². The topological polar surface area (TPSA) is 70.1 Å². The molecule has 1 saturated heterocycles. The third-order valence-corrected chi connectivity index (χ3v) is 6.03. The predicted octanol–water partition coefficient (Wildman–Crippen LogP) is 0.577. The molecular weight excluding hydrogens is 280 g/mol. The van der Waals surface area contributed by atoms with Crippen LogP contribution in [0.25, 0.3) is 0 Å². The molecule has 6 nitrogen and oxygen atoms in total. The van der Waals surface area contributed by atoms with Crippen LogP contribution in [0.15, 0.2) is 0 Å². The minimum Gasteiger partial charge on any atom is -0.389 e. The second kappa shape index (κ2) is 5.88. The van der Waals surface area contributed by atoms with Crippen LogP contribution in [0.1, 0.15) is 39.5 Å². The van der Waals surface area contributed by atoms with E-state index < -0.39 is 15.8 Å². The molecule has 0 spiro atoms. The molecule has 0 aromatic rings. The molecule has 1 saturated carbocycles. The summed E-state index contributed by atoms with van der Waals surface area (Å²) < 4.78 is 33.5. The highest BCUT2D eigenvalue weighted by atomic mass is 32.2. The van der Waals surface area contributed by atoms with Gasteiger partial charge in [0.1, 0.15) is 0 Å². The van der Waals surface area contributed by atoms with Crippen molar-refractivity contribution >= 4 is 10.2 Å². The van der Waals surface area contributed by atoms with Crippen LogP contribution in [0.2, 0.25) is 0 Å². The van der Waals surface area contributed by atoms with E-state index >= 15 is 0 Å². The lowest BCUT2D eigenvalue weighted by atomic mass is 10.0. The van der Waals surface area contributed by atoms with Crippen LogP contribution in [0.5, 0.6) is 0 Å². The third kappa shape index (κ3) is 3.51. The Bertz CT molecular complexity index is 424. The zero-order valence-electron chi connectivity index (χ0n) is 12.6. The number of ether oxygens (including phenoxy) is 1. The van der Waals surface area contributed by atoms with Gasteiger partial charge >= 0.3 is 0 Å². The van der Waals surface area contributed by atoms with E-state index in [-0.39, 0.29) is 18.8 Å². The first-order valence-corrected chi connectivity index (χ1v) is 8.72. The van der Waals surface area contributed by atoms with Gasteiger partial charge in [-0.2, -0.15) is 17.0 Å². The fourth-order valence-corrected chi connectivity index (χ4v) is 4.80. The summed E-state index contributed by atoms with van der Waals surface area (Å²) in [5, 5.41) is 10.4. The van der Waals surface area contributed by atoms with Crippen LogP contribution in [-0.4, -0.2) is 66.6 Å². The Morgan fingerprint density at radius 3 is 2.25 bits per heavy atom. The van der Waals surface area contributed by atoms with Gasteiger partial charge in [0.25, 0.3) is 10.2 Å².